The van der Waals surface area contributed by atoms with Crippen LogP contribution in [-0.2, 0) is 19.4 Å². The van der Waals surface area contributed by atoms with Crippen molar-refractivity contribution in [3.05, 3.63) is 58.2 Å². The average molecular weight is 411 g/mol. The molecule has 1 aliphatic carbocycles. The smallest absolute Gasteiger partial charge is 0.278 e. The molecule has 0 fully saturated rings. The molecule has 0 aliphatic heterocycles. The van der Waals surface area contributed by atoms with Gasteiger partial charge >= 0.3 is 0 Å². The fraction of sp³-hybridized carbons (Fsp3) is 0.409. The Labute approximate surface area is 175 Å². The van der Waals surface area contributed by atoms with Gasteiger partial charge in [0.2, 0.25) is 0 Å². The minimum atomic E-state index is -0.223. The number of hydrogen-bond donors (Lipinski definition) is 1. The van der Waals surface area contributed by atoms with Gasteiger partial charge in [-0.25, -0.2) is 0 Å². The predicted octanol–water partition coefficient (Wildman–Crippen LogP) is 4.64. The Balaban J connectivity index is 1.54. The van der Waals surface area contributed by atoms with Gasteiger partial charge in [0.1, 0.15) is 5.76 Å². The van der Waals surface area contributed by atoms with Crippen LogP contribution in [0, 0.1) is 19.8 Å². The SMILES string of the molecule is CSc1ccc(Cn2nc(C)c(NC(=O)c3noc4c3CC(C)CC4)c2C)cc1. The van der Waals surface area contributed by atoms with E-state index < -0.39 is 0 Å². The summed E-state index contributed by atoms with van der Waals surface area (Å²) in [5.41, 5.74) is 5.00. The number of carbonyl (C=O) groups excluding carboxylic acids is 1. The molecule has 152 valence electrons. The van der Waals surface area contributed by atoms with Crippen LogP contribution < -0.4 is 5.32 Å². The Bertz CT molecular complexity index is 1040. The zero-order valence-electron chi connectivity index (χ0n) is 17.3. The highest BCUT2D eigenvalue weighted by Gasteiger charge is 2.28. The number of aryl methyl sites for hydroxylation is 2. The summed E-state index contributed by atoms with van der Waals surface area (Å²) in [7, 11) is 0. The molecule has 1 N–H and O–H groups in total. The Morgan fingerprint density at radius 3 is 2.79 bits per heavy atom. The Kier molecular flexibility index (Phi) is 5.50. The number of carbonyl (C=O) groups is 1. The number of nitrogens with zero attached hydrogens (tertiary/aromatic N) is 3. The zero-order chi connectivity index (χ0) is 20.5. The lowest BCUT2D eigenvalue weighted by Gasteiger charge is -2.16. The van der Waals surface area contributed by atoms with Gasteiger partial charge in [0, 0.05) is 16.9 Å². The number of amides is 1. The number of rotatable bonds is 5. The molecule has 2 aromatic heterocycles. The summed E-state index contributed by atoms with van der Waals surface area (Å²) in [5, 5.41) is 11.7. The number of thioether (sulfide) groups is 1. The van der Waals surface area contributed by atoms with Crippen molar-refractivity contribution in [3.8, 4) is 0 Å². The molecule has 1 aromatic carbocycles. The molecule has 6 nitrogen and oxygen atoms in total. The first-order valence-electron chi connectivity index (χ1n) is 9.92. The first kappa shape index (κ1) is 19.8. The van der Waals surface area contributed by atoms with E-state index in [0.29, 0.717) is 18.2 Å². The van der Waals surface area contributed by atoms with Gasteiger partial charge in [-0.3, -0.25) is 9.48 Å². The second-order valence-electron chi connectivity index (χ2n) is 7.79. The zero-order valence-corrected chi connectivity index (χ0v) is 18.1. The van der Waals surface area contributed by atoms with E-state index in [4.69, 9.17) is 4.52 Å². The minimum Gasteiger partial charge on any atom is -0.360 e. The highest BCUT2D eigenvalue weighted by atomic mass is 32.2. The van der Waals surface area contributed by atoms with Crippen LogP contribution in [0.2, 0.25) is 0 Å². The van der Waals surface area contributed by atoms with Gasteiger partial charge in [-0.05, 0) is 56.6 Å². The summed E-state index contributed by atoms with van der Waals surface area (Å²) in [6.45, 7) is 6.75. The molecule has 1 aliphatic rings. The second-order valence-corrected chi connectivity index (χ2v) is 8.67. The Morgan fingerprint density at radius 1 is 1.31 bits per heavy atom. The molecular weight excluding hydrogens is 384 g/mol. The third kappa shape index (κ3) is 3.96. The fourth-order valence-corrected chi connectivity index (χ4v) is 4.27. The molecule has 0 saturated heterocycles. The van der Waals surface area contributed by atoms with Gasteiger partial charge in [-0.1, -0.05) is 24.2 Å². The van der Waals surface area contributed by atoms with Crippen LogP contribution in [0.4, 0.5) is 5.69 Å². The summed E-state index contributed by atoms with van der Waals surface area (Å²) in [5.74, 6) is 1.17. The first-order valence-corrected chi connectivity index (χ1v) is 11.1. The molecule has 2 heterocycles. The van der Waals surface area contributed by atoms with Gasteiger partial charge in [-0.15, -0.1) is 11.8 Å². The Morgan fingerprint density at radius 2 is 2.07 bits per heavy atom. The number of aromatic nitrogens is 3. The van der Waals surface area contributed by atoms with E-state index in [0.717, 1.165) is 47.7 Å². The van der Waals surface area contributed by atoms with Crippen LogP contribution in [0.1, 0.15) is 52.1 Å². The molecule has 0 spiro atoms. The van der Waals surface area contributed by atoms with E-state index in [-0.39, 0.29) is 5.91 Å². The van der Waals surface area contributed by atoms with E-state index in [1.165, 1.54) is 10.5 Å². The summed E-state index contributed by atoms with van der Waals surface area (Å²) in [6.07, 6.45) is 4.83. The van der Waals surface area contributed by atoms with E-state index in [1.807, 2.05) is 18.5 Å². The van der Waals surface area contributed by atoms with Gasteiger partial charge in [0.25, 0.3) is 5.91 Å². The molecule has 1 unspecified atom stereocenters. The molecule has 29 heavy (non-hydrogen) atoms. The highest BCUT2D eigenvalue weighted by molar-refractivity contribution is 7.98. The maximum absolute atomic E-state index is 12.9. The van der Waals surface area contributed by atoms with E-state index in [1.54, 1.807) is 11.8 Å². The van der Waals surface area contributed by atoms with Crippen LogP contribution in [0.15, 0.2) is 33.7 Å². The Hall–Kier alpha value is -2.54. The van der Waals surface area contributed by atoms with Gasteiger partial charge < -0.3 is 9.84 Å². The lowest BCUT2D eigenvalue weighted by atomic mass is 9.88. The van der Waals surface area contributed by atoms with Crippen molar-refractivity contribution in [2.24, 2.45) is 5.92 Å². The van der Waals surface area contributed by atoms with Crippen LogP contribution in [0.25, 0.3) is 0 Å². The van der Waals surface area contributed by atoms with Gasteiger partial charge in [0.05, 0.1) is 23.6 Å². The molecule has 3 aromatic rings. The maximum atomic E-state index is 12.9. The molecule has 0 radical (unpaired) electrons. The highest BCUT2D eigenvalue weighted by Crippen LogP contribution is 2.29. The number of benzene rings is 1. The number of nitrogens with one attached hydrogen (secondary N) is 1. The van der Waals surface area contributed by atoms with Crippen molar-refractivity contribution in [2.75, 3.05) is 11.6 Å². The summed E-state index contributed by atoms with van der Waals surface area (Å²) >= 11 is 1.73. The summed E-state index contributed by atoms with van der Waals surface area (Å²) in [6, 6.07) is 8.46. The van der Waals surface area contributed by atoms with Crippen molar-refractivity contribution >= 4 is 23.4 Å². The summed E-state index contributed by atoms with van der Waals surface area (Å²) < 4.78 is 7.35. The van der Waals surface area contributed by atoms with E-state index >= 15 is 0 Å². The second kappa shape index (κ2) is 8.06. The maximum Gasteiger partial charge on any atom is 0.278 e. The predicted molar refractivity (Wildman–Crippen MR) is 115 cm³/mol. The van der Waals surface area contributed by atoms with Crippen LogP contribution in [-0.4, -0.2) is 27.1 Å². The lowest BCUT2D eigenvalue weighted by molar-refractivity contribution is 0.101. The van der Waals surface area contributed by atoms with Gasteiger partial charge in [-0.2, -0.15) is 5.10 Å². The molecule has 0 bridgehead atoms. The van der Waals surface area contributed by atoms with Crippen molar-refractivity contribution in [1.29, 1.82) is 0 Å². The molecule has 4 rings (SSSR count). The average Bonchev–Trinajstić information content (AvgIpc) is 3.24. The van der Waals surface area contributed by atoms with Crippen molar-refractivity contribution in [3.63, 3.8) is 0 Å². The van der Waals surface area contributed by atoms with Crippen molar-refractivity contribution in [1.82, 2.24) is 14.9 Å². The monoisotopic (exact) mass is 410 g/mol. The summed E-state index contributed by atoms with van der Waals surface area (Å²) in [4.78, 5) is 14.2. The lowest BCUT2D eigenvalue weighted by Crippen LogP contribution is -2.18. The standard InChI is InChI=1S/C22H26N4O2S/c1-13-5-10-19-18(11-13)21(25-28-19)22(27)23-20-14(2)24-26(15(20)3)12-16-6-8-17(29-4)9-7-16/h6-9,13H,5,10-12H2,1-4H3,(H,23,27). The number of hydrogen-bond acceptors (Lipinski definition) is 5. The molecule has 1 atom stereocenters. The minimum absolute atomic E-state index is 0.223. The molecule has 0 saturated carbocycles. The van der Waals surface area contributed by atoms with E-state index in [9.17, 15) is 4.79 Å². The van der Waals surface area contributed by atoms with Crippen molar-refractivity contribution in [2.45, 2.75) is 51.5 Å². The van der Waals surface area contributed by atoms with Crippen molar-refractivity contribution < 1.29 is 9.32 Å². The van der Waals surface area contributed by atoms with Crippen LogP contribution in [0.5, 0.6) is 0 Å². The fourth-order valence-electron chi connectivity index (χ4n) is 3.86. The number of anilines is 1. The first-order chi connectivity index (χ1) is 14.0. The number of fused-ring (bicyclic) bond motifs is 1. The third-order valence-corrected chi connectivity index (χ3v) is 6.36. The van der Waals surface area contributed by atoms with Crippen LogP contribution >= 0.6 is 11.8 Å². The molecule has 7 heteroatoms. The molecule has 1 amide bonds. The third-order valence-electron chi connectivity index (χ3n) is 5.61. The van der Waals surface area contributed by atoms with E-state index in [2.05, 4.69) is 53.0 Å². The molecular formula is C22H26N4O2S. The normalized spacial score (nSPS) is 15.9. The quantitative estimate of drug-likeness (QED) is 0.621. The van der Waals surface area contributed by atoms with Gasteiger partial charge in [0.15, 0.2) is 5.69 Å². The van der Waals surface area contributed by atoms with Crippen LogP contribution in [0.3, 0.4) is 0 Å². The topological polar surface area (TPSA) is 73.0 Å². The largest absolute Gasteiger partial charge is 0.360 e.